The van der Waals surface area contributed by atoms with Crippen molar-refractivity contribution in [1.29, 1.82) is 0 Å². The normalized spacial score (nSPS) is 21.6. The van der Waals surface area contributed by atoms with Crippen LogP contribution in [0.5, 0.6) is 0 Å². The van der Waals surface area contributed by atoms with Crippen molar-refractivity contribution >= 4 is 21.6 Å². The number of hydrogen-bond acceptors (Lipinski definition) is 4. The van der Waals surface area contributed by atoms with Crippen molar-refractivity contribution in [3.8, 4) is 0 Å². The summed E-state index contributed by atoms with van der Waals surface area (Å²) in [5, 5.41) is 7.14. The average molecular weight is 279 g/mol. The minimum atomic E-state index is -3.60. The summed E-state index contributed by atoms with van der Waals surface area (Å²) < 4.78 is 28.1. The predicted octanol–water partition coefficient (Wildman–Crippen LogP) is 0.104. The first-order chi connectivity index (χ1) is 8.00. The third-order valence-electron chi connectivity index (χ3n) is 2.72. The molecule has 0 amide bonds. The van der Waals surface area contributed by atoms with Crippen LogP contribution >= 0.6 is 11.6 Å². The van der Waals surface area contributed by atoms with Gasteiger partial charge < -0.3 is 5.32 Å². The van der Waals surface area contributed by atoms with E-state index in [2.05, 4.69) is 15.1 Å². The Morgan fingerprint density at radius 2 is 2.41 bits per heavy atom. The number of nitrogens with one attached hydrogen (secondary N) is 2. The van der Waals surface area contributed by atoms with Crippen LogP contribution in [-0.4, -0.2) is 37.3 Å². The molecule has 1 fully saturated rings. The number of rotatable bonds is 3. The fourth-order valence-corrected chi connectivity index (χ4v) is 3.86. The van der Waals surface area contributed by atoms with Gasteiger partial charge in [-0.15, -0.1) is 0 Å². The van der Waals surface area contributed by atoms with Gasteiger partial charge in [-0.1, -0.05) is 11.6 Å². The van der Waals surface area contributed by atoms with Crippen molar-refractivity contribution in [2.24, 2.45) is 7.05 Å². The quantitative estimate of drug-likeness (QED) is 0.822. The largest absolute Gasteiger partial charge is 0.315 e. The first kappa shape index (κ1) is 12.8. The van der Waals surface area contributed by atoms with E-state index >= 15 is 0 Å². The van der Waals surface area contributed by atoms with Gasteiger partial charge in [0.1, 0.15) is 0 Å². The number of aryl methyl sites for hydroxylation is 1. The monoisotopic (exact) mass is 278 g/mol. The number of hydrogen-bond donors (Lipinski definition) is 2. The van der Waals surface area contributed by atoms with Crippen LogP contribution in [0.3, 0.4) is 0 Å². The Kier molecular flexibility index (Phi) is 3.72. The van der Waals surface area contributed by atoms with Gasteiger partial charge in [-0.3, -0.25) is 4.68 Å². The van der Waals surface area contributed by atoms with Gasteiger partial charge in [0.25, 0.3) is 10.0 Å². The third-order valence-corrected chi connectivity index (χ3v) is 4.74. The lowest BCUT2D eigenvalue weighted by Gasteiger charge is -2.23. The van der Waals surface area contributed by atoms with Gasteiger partial charge in [-0.25, -0.2) is 13.1 Å². The molecule has 1 aromatic heterocycles. The smallest absolute Gasteiger partial charge is 0.259 e. The summed E-state index contributed by atoms with van der Waals surface area (Å²) >= 11 is 5.83. The van der Waals surface area contributed by atoms with Crippen LogP contribution < -0.4 is 10.0 Å². The average Bonchev–Trinajstić information content (AvgIpc) is 2.59. The van der Waals surface area contributed by atoms with E-state index in [9.17, 15) is 8.42 Å². The van der Waals surface area contributed by atoms with Crippen LogP contribution in [0.1, 0.15) is 12.8 Å². The lowest BCUT2D eigenvalue weighted by atomic mass is 10.1. The van der Waals surface area contributed by atoms with Gasteiger partial charge in [0.05, 0.1) is 11.2 Å². The highest BCUT2D eigenvalue weighted by atomic mass is 35.5. The molecule has 6 nitrogen and oxygen atoms in total. The van der Waals surface area contributed by atoms with Crippen molar-refractivity contribution in [3.63, 3.8) is 0 Å². The van der Waals surface area contributed by atoms with Gasteiger partial charge >= 0.3 is 0 Å². The number of halogens is 1. The Morgan fingerprint density at radius 3 is 2.94 bits per heavy atom. The minimum absolute atomic E-state index is 0.0183. The zero-order chi connectivity index (χ0) is 12.5. The van der Waals surface area contributed by atoms with Crippen molar-refractivity contribution in [1.82, 2.24) is 19.8 Å². The standard InChI is InChI=1S/C9H15ClN4O2S/c1-14-9(8(10)6-12-14)17(15,16)13-7-3-2-4-11-5-7/h6-7,11,13H,2-5H2,1H3. The molecular weight excluding hydrogens is 264 g/mol. The summed E-state index contributed by atoms with van der Waals surface area (Å²) in [5.41, 5.74) is 0. The van der Waals surface area contributed by atoms with Gasteiger partial charge in [0.2, 0.25) is 0 Å². The lowest BCUT2D eigenvalue weighted by molar-refractivity contribution is 0.427. The van der Waals surface area contributed by atoms with Crippen LogP contribution in [0.2, 0.25) is 5.02 Å². The van der Waals surface area contributed by atoms with Crippen LogP contribution in [0.25, 0.3) is 0 Å². The van der Waals surface area contributed by atoms with Crippen molar-refractivity contribution in [2.75, 3.05) is 13.1 Å². The maximum atomic E-state index is 12.1. The number of aromatic nitrogens is 2. The van der Waals surface area contributed by atoms with E-state index in [4.69, 9.17) is 11.6 Å². The number of sulfonamides is 1. The first-order valence-electron chi connectivity index (χ1n) is 5.41. The van der Waals surface area contributed by atoms with E-state index in [0.717, 1.165) is 19.4 Å². The van der Waals surface area contributed by atoms with E-state index in [1.807, 2.05) is 0 Å². The fourth-order valence-electron chi connectivity index (χ4n) is 1.93. The molecule has 0 aliphatic carbocycles. The van der Waals surface area contributed by atoms with E-state index in [-0.39, 0.29) is 16.1 Å². The molecule has 2 heterocycles. The fraction of sp³-hybridized carbons (Fsp3) is 0.667. The molecule has 96 valence electrons. The molecule has 8 heteroatoms. The summed E-state index contributed by atoms with van der Waals surface area (Å²) in [6, 6.07) is -0.0836. The molecule has 0 spiro atoms. The summed E-state index contributed by atoms with van der Waals surface area (Å²) in [7, 11) is -2.04. The maximum absolute atomic E-state index is 12.1. The third kappa shape index (κ3) is 2.79. The summed E-state index contributed by atoms with van der Waals surface area (Å²) in [6.07, 6.45) is 3.13. The molecule has 0 bridgehead atoms. The molecular formula is C9H15ClN4O2S. The second-order valence-electron chi connectivity index (χ2n) is 4.09. The van der Waals surface area contributed by atoms with E-state index in [1.165, 1.54) is 10.9 Å². The molecule has 1 aromatic rings. The Balaban J connectivity index is 2.19. The van der Waals surface area contributed by atoms with Gasteiger partial charge in [-0.05, 0) is 19.4 Å². The molecule has 2 N–H and O–H groups in total. The van der Waals surface area contributed by atoms with Crippen LogP contribution in [0.15, 0.2) is 11.2 Å². The Hall–Kier alpha value is -0.630. The molecule has 0 radical (unpaired) electrons. The zero-order valence-electron chi connectivity index (χ0n) is 9.48. The number of nitrogens with zero attached hydrogens (tertiary/aromatic N) is 2. The van der Waals surface area contributed by atoms with Gasteiger partial charge in [0.15, 0.2) is 5.03 Å². The maximum Gasteiger partial charge on any atom is 0.259 e. The van der Waals surface area contributed by atoms with Crippen molar-refractivity contribution in [2.45, 2.75) is 23.9 Å². The van der Waals surface area contributed by atoms with Crippen LogP contribution in [0.4, 0.5) is 0 Å². The van der Waals surface area contributed by atoms with Gasteiger partial charge in [0, 0.05) is 19.6 Å². The van der Waals surface area contributed by atoms with E-state index in [0.29, 0.717) is 6.54 Å². The SMILES string of the molecule is Cn1ncc(Cl)c1S(=O)(=O)NC1CCCNC1. The highest BCUT2D eigenvalue weighted by Crippen LogP contribution is 2.20. The van der Waals surface area contributed by atoms with E-state index < -0.39 is 10.0 Å². The first-order valence-corrected chi connectivity index (χ1v) is 7.27. The Bertz CT molecular complexity index is 474. The topological polar surface area (TPSA) is 76.0 Å². The van der Waals surface area contributed by atoms with Crippen LogP contribution in [-0.2, 0) is 17.1 Å². The van der Waals surface area contributed by atoms with Crippen molar-refractivity contribution in [3.05, 3.63) is 11.2 Å². The lowest BCUT2D eigenvalue weighted by Crippen LogP contribution is -2.45. The molecule has 2 rings (SSSR count). The van der Waals surface area contributed by atoms with Crippen molar-refractivity contribution < 1.29 is 8.42 Å². The molecule has 1 unspecified atom stereocenters. The molecule has 0 saturated carbocycles. The summed E-state index contributed by atoms with van der Waals surface area (Å²) in [4.78, 5) is 0. The Morgan fingerprint density at radius 1 is 1.65 bits per heavy atom. The summed E-state index contributed by atoms with van der Waals surface area (Å²) in [6.45, 7) is 1.58. The molecule has 1 atom stereocenters. The highest BCUT2D eigenvalue weighted by molar-refractivity contribution is 7.89. The highest BCUT2D eigenvalue weighted by Gasteiger charge is 2.26. The zero-order valence-corrected chi connectivity index (χ0v) is 11.1. The Labute approximate surface area is 105 Å². The second-order valence-corrected chi connectivity index (χ2v) is 6.12. The molecule has 17 heavy (non-hydrogen) atoms. The van der Waals surface area contributed by atoms with Gasteiger partial charge in [-0.2, -0.15) is 5.10 Å². The molecule has 1 saturated heterocycles. The molecule has 1 aliphatic heterocycles. The summed E-state index contributed by atoms with van der Waals surface area (Å²) in [5.74, 6) is 0. The minimum Gasteiger partial charge on any atom is -0.315 e. The molecule has 1 aliphatic rings. The van der Waals surface area contributed by atoms with E-state index in [1.54, 1.807) is 7.05 Å². The predicted molar refractivity (Wildman–Crippen MR) is 64.4 cm³/mol. The molecule has 0 aromatic carbocycles. The second kappa shape index (κ2) is 4.93. The van der Waals surface area contributed by atoms with Crippen LogP contribution in [0, 0.1) is 0 Å². The number of piperidine rings is 1.